The first-order chi connectivity index (χ1) is 10.1. The fraction of sp³-hybridized carbons (Fsp3) is 0.533. The van der Waals surface area contributed by atoms with Gasteiger partial charge in [0.1, 0.15) is 0 Å². The number of nitrogens with one attached hydrogen (secondary N) is 2. The molecule has 1 aliphatic rings. The van der Waals surface area contributed by atoms with E-state index < -0.39 is 11.9 Å². The Hall–Kier alpha value is -2.11. The third-order valence-electron chi connectivity index (χ3n) is 3.83. The van der Waals surface area contributed by atoms with Gasteiger partial charge in [-0.25, -0.2) is 4.79 Å². The molecule has 1 aromatic rings. The summed E-state index contributed by atoms with van der Waals surface area (Å²) in [5.41, 5.74) is 1.84. The number of amides is 2. The average molecular weight is 291 g/mol. The molecule has 2 amide bonds. The molecule has 0 spiro atoms. The lowest BCUT2D eigenvalue weighted by Crippen LogP contribution is -2.48. The maximum absolute atomic E-state index is 11.9. The van der Waals surface area contributed by atoms with Crippen molar-refractivity contribution in [3.63, 3.8) is 0 Å². The molecular weight excluding hydrogens is 270 g/mol. The number of carbonyl (C=O) groups excluding carboxylic acids is 1. The number of pyridine rings is 1. The predicted molar refractivity (Wildman–Crippen MR) is 77.7 cm³/mol. The highest BCUT2D eigenvalue weighted by molar-refractivity contribution is 5.76. The maximum atomic E-state index is 11.9. The molecule has 1 saturated carbocycles. The first-order valence-electron chi connectivity index (χ1n) is 7.25. The van der Waals surface area contributed by atoms with E-state index in [1.54, 1.807) is 6.20 Å². The molecule has 2 rings (SSSR count). The van der Waals surface area contributed by atoms with E-state index >= 15 is 0 Å². The molecule has 1 heterocycles. The quantitative estimate of drug-likeness (QED) is 0.789. The van der Waals surface area contributed by atoms with Gasteiger partial charge in [0.25, 0.3) is 0 Å². The summed E-state index contributed by atoms with van der Waals surface area (Å²) in [6.07, 6.45) is 4.93. The standard InChI is InChI=1S/C15H21N3O3/c1-10-6-7-11(8-16-10)9-17-15(21)18-13-5-3-2-4-12(13)14(19)20/h6-8,12-13H,2-5,9H2,1H3,(H,19,20)(H2,17,18,21). The molecule has 0 radical (unpaired) electrons. The van der Waals surface area contributed by atoms with Crippen LogP contribution in [0.15, 0.2) is 18.3 Å². The van der Waals surface area contributed by atoms with E-state index in [0.717, 1.165) is 30.5 Å². The Balaban J connectivity index is 1.83. The molecule has 0 aromatic carbocycles. The number of hydrogen-bond acceptors (Lipinski definition) is 3. The second-order valence-electron chi connectivity index (χ2n) is 5.47. The molecule has 6 nitrogen and oxygen atoms in total. The molecule has 3 N–H and O–H groups in total. The fourth-order valence-electron chi connectivity index (χ4n) is 2.60. The smallest absolute Gasteiger partial charge is 0.315 e. The van der Waals surface area contributed by atoms with E-state index in [1.807, 2.05) is 19.1 Å². The molecule has 21 heavy (non-hydrogen) atoms. The van der Waals surface area contributed by atoms with Crippen molar-refractivity contribution in [1.29, 1.82) is 0 Å². The number of rotatable bonds is 4. The number of aryl methyl sites for hydroxylation is 1. The van der Waals surface area contributed by atoms with Crippen molar-refractivity contribution in [1.82, 2.24) is 15.6 Å². The molecule has 0 saturated heterocycles. The van der Waals surface area contributed by atoms with E-state index in [0.29, 0.717) is 13.0 Å². The minimum atomic E-state index is -0.831. The lowest BCUT2D eigenvalue weighted by molar-refractivity contribution is -0.143. The molecule has 2 atom stereocenters. The zero-order chi connectivity index (χ0) is 15.2. The van der Waals surface area contributed by atoms with Gasteiger partial charge in [-0.1, -0.05) is 18.9 Å². The number of nitrogens with zero attached hydrogens (tertiary/aromatic N) is 1. The van der Waals surface area contributed by atoms with Gasteiger partial charge in [-0.05, 0) is 31.4 Å². The Labute approximate surface area is 124 Å². The van der Waals surface area contributed by atoms with Crippen LogP contribution in [0.25, 0.3) is 0 Å². The van der Waals surface area contributed by atoms with Crippen molar-refractivity contribution in [3.05, 3.63) is 29.6 Å². The second-order valence-corrected chi connectivity index (χ2v) is 5.47. The summed E-state index contributed by atoms with van der Waals surface area (Å²) >= 11 is 0. The number of hydrogen-bond donors (Lipinski definition) is 3. The number of aromatic nitrogens is 1. The second kappa shape index (κ2) is 7.06. The van der Waals surface area contributed by atoms with Crippen LogP contribution in [0.4, 0.5) is 4.79 Å². The van der Waals surface area contributed by atoms with Crippen LogP contribution in [0.1, 0.15) is 36.9 Å². The van der Waals surface area contributed by atoms with Crippen molar-refractivity contribution < 1.29 is 14.7 Å². The molecule has 2 unspecified atom stereocenters. The van der Waals surface area contributed by atoms with Gasteiger partial charge in [0, 0.05) is 24.5 Å². The zero-order valence-electron chi connectivity index (χ0n) is 12.1. The normalized spacial score (nSPS) is 21.6. The van der Waals surface area contributed by atoms with Crippen molar-refractivity contribution >= 4 is 12.0 Å². The van der Waals surface area contributed by atoms with Gasteiger partial charge in [0.2, 0.25) is 0 Å². The van der Waals surface area contributed by atoms with Gasteiger partial charge in [-0.15, -0.1) is 0 Å². The van der Waals surface area contributed by atoms with Crippen LogP contribution in [0.3, 0.4) is 0 Å². The van der Waals surface area contributed by atoms with Crippen LogP contribution < -0.4 is 10.6 Å². The predicted octanol–water partition coefficient (Wildman–Crippen LogP) is 1.83. The SMILES string of the molecule is Cc1ccc(CNC(=O)NC2CCCCC2C(=O)O)cn1. The van der Waals surface area contributed by atoms with Gasteiger partial charge < -0.3 is 15.7 Å². The van der Waals surface area contributed by atoms with E-state index in [1.165, 1.54) is 0 Å². The van der Waals surface area contributed by atoms with Gasteiger partial charge in [-0.2, -0.15) is 0 Å². The molecule has 1 fully saturated rings. The van der Waals surface area contributed by atoms with Crippen molar-refractivity contribution in [2.24, 2.45) is 5.92 Å². The zero-order valence-corrected chi connectivity index (χ0v) is 12.1. The van der Waals surface area contributed by atoms with Crippen molar-refractivity contribution in [2.75, 3.05) is 0 Å². The van der Waals surface area contributed by atoms with E-state index in [2.05, 4.69) is 15.6 Å². The van der Waals surface area contributed by atoms with Crippen LogP contribution in [0, 0.1) is 12.8 Å². The maximum Gasteiger partial charge on any atom is 0.315 e. The van der Waals surface area contributed by atoms with Crippen LogP contribution in [0.5, 0.6) is 0 Å². The molecule has 1 aliphatic carbocycles. The minimum Gasteiger partial charge on any atom is -0.481 e. The summed E-state index contributed by atoms with van der Waals surface area (Å²) in [7, 11) is 0. The third kappa shape index (κ3) is 4.44. The van der Waals surface area contributed by atoms with Crippen LogP contribution >= 0.6 is 0 Å². The highest BCUT2D eigenvalue weighted by Crippen LogP contribution is 2.24. The lowest BCUT2D eigenvalue weighted by Gasteiger charge is -2.29. The van der Waals surface area contributed by atoms with Crippen LogP contribution in [-0.4, -0.2) is 28.1 Å². The lowest BCUT2D eigenvalue weighted by atomic mass is 9.84. The summed E-state index contributed by atoms with van der Waals surface area (Å²) in [4.78, 5) is 27.2. The first-order valence-corrected chi connectivity index (χ1v) is 7.25. The molecule has 1 aromatic heterocycles. The molecule has 6 heteroatoms. The topological polar surface area (TPSA) is 91.3 Å². The van der Waals surface area contributed by atoms with Gasteiger partial charge in [0.15, 0.2) is 0 Å². The Morgan fingerprint density at radius 2 is 2.10 bits per heavy atom. The van der Waals surface area contributed by atoms with Crippen LogP contribution in [-0.2, 0) is 11.3 Å². The molecule has 0 aliphatic heterocycles. The fourth-order valence-corrected chi connectivity index (χ4v) is 2.60. The average Bonchev–Trinajstić information content (AvgIpc) is 2.47. The summed E-state index contributed by atoms with van der Waals surface area (Å²) in [6, 6.07) is 3.18. The highest BCUT2D eigenvalue weighted by atomic mass is 16.4. The summed E-state index contributed by atoms with van der Waals surface area (Å²) in [6.45, 7) is 2.28. The third-order valence-corrected chi connectivity index (χ3v) is 3.83. The monoisotopic (exact) mass is 291 g/mol. The number of carboxylic acid groups (broad SMARTS) is 1. The van der Waals surface area contributed by atoms with E-state index in [4.69, 9.17) is 0 Å². The molecule has 114 valence electrons. The summed E-state index contributed by atoms with van der Waals surface area (Å²) < 4.78 is 0. The van der Waals surface area contributed by atoms with Gasteiger partial charge in [0.05, 0.1) is 5.92 Å². The Morgan fingerprint density at radius 1 is 1.33 bits per heavy atom. The summed E-state index contributed by atoms with van der Waals surface area (Å²) in [5, 5.41) is 14.7. The molecule has 0 bridgehead atoms. The van der Waals surface area contributed by atoms with Crippen molar-refractivity contribution in [2.45, 2.75) is 45.2 Å². The van der Waals surface area contributed by atoms with Gasteiger partial charge in [-0.3, -0.25) is 9.78 Å². The van der Waals surface area contributed by atoms with Crippen LogP contribution in [0.2, 0.25) is 0 Å². The molecular formula is C15H21N3O3. The van der Waals surface area contributed by atoms with E-state index in [9.17, 15) is 14.7 Å². The number of carbonyl (C=O) groups is 2. The van der Waals surface area contributed by atoms with Crippen molar-refractivity contribution in [3.8, 4) is 0 Å². The Bertz CT molecular complexity index is 501. The summed E-state index contributed by atoms with van der Waals surface area (Å²) in [5.74, 6) is -1.31. The largest absolute Gasteiger partial charge is 0.481 e. The first kappa shape index (κ1) is 15.3. The number of aliphatic carboxylic acids is 1. The Kier molecular flexibility index (Phi) is 5.14. The minimum absolute atomic E-state index is 0.285. The van der Waals surface area contributed by atoms with E-state index in [-0.39, 0.29) is 12.1 Å². The number of urea groups is 1. The van der Waals surface area contributed by atoms with Gasteiger partial charge >= 0.3 is 12.0 Å². The highest BCUT2D eigenvalue weighted by Gasteiger charge is 2.31. The Morgan fingerprint density at radius 3 is 2.76 bits per heavy atom. The number of carboxylic acids is 1.